The maximum Gasteiger partial charge on any atom is 0.266 e. The fraction of sp³-hybridized carbons (Fsp3) is 0.0455. The van der Waals surface area contributed by atoms with Crippen molar-refractivity contribution in [2.75, 3.05) is 10.2 Å². The lowest BCUT2D eigenvalue weighted by Gasteiger charge is -2.15. The summed E-state index contributed by atoms with van der Waals surface area (Å²) in [5, 5.41) is 3.57. The van der Waals surface area contributed by atoms with Crippen LogP contribution >= 0.6 is 23.2 Å². The zero-order chi connectivity index (χ0) is 20.5. The lowest BCUT2D eigenvalue weighted by Crippen LogP contribution is -2.29. The van der Waals surface area contributed by atoms with E-state index < -0.39 is 0 Å². The van der Waals surface area contributed by atoms with Crippen LogP contribution in [0, 0.1) is 0 Å². The van der Waals surface area contributed by atoms with E-state index in [1.54, 1.807) is 66.7 Å². The zero-order valence-corrected chi connectivity index (χ0v) is 16.5. The minimum absolute atomic E-state index is 0.105. The summed E-state index contributed by atoms with van der Waals surface area (Å²) in [6, 6.07) is 18.3. The molecule has 7 heteroatoms. The predicted molar refractivity (Wildman–Crippen MR) is 113 cm³/mol. The Morgan fingerprint density at radius 1 is 0.828 bits per heavy atom. The number of carbonyl (C=O) groups is 3. The molecule has 0 radical (unpaired) electrons. The van der Waals surface area contributed by atoms with Crippen molar-refractivity contribution in [3.8, 4) is 0 Å². The van der Waals surface area contributed by atoms with Gasteiger partial charge < -0.3 is 5.32 Å². The molecule has 0 bridgehead atoms. The van der Waals surface area contributed by atoms with Gasteiger partial charge in [-0.25, -0.2) is 4.90 Å². The Balaban J connectivity index is 1.52. The number of fused-ring (bicyclic) bond motifs is 1. The standard InChI is InChI=1S/C22H14Cl2N2O3/c23-18-9-8-13(10-19(18)24)11-20(27)25-14-4-3-5-15(12-14)26-21(28)16-6-1-2-7-17(16)22(26)29/h1-10,12H,11H2,(H,25,27). The van der Waals surface area contributed by atoms with E-state index in [0.717, 1.165) is 4.90 Å². The van der Waals surface area contributed by atoms with Gasteiger partial charge in [-0.3, -0.25) is 14.4 Å². The highest BCUT2D eigenvalue weighted by Gasteiger charge is 2.36. The van der Waals surface area contributed by atoms with Gasteiger partial charge in [0.25, 0.3) is 11.8 Å². The fourth-order valence-corrected chi connectivity index (χ4v) is 3.51. The van der Waals surface area contributed by atoms with E-state index in [9.17, 15) is 14.4 Å². The Morgan fingerprint density at radius 2 is 1.52 bits per heavy atom. The molecular formula is C22H14Cl2N2O3. The predicted octanol–water partition coefficient (Wildman–Crippen LogP) is 4.98. The molecular weight excluding hydrogens is 411 g/mol. The van der Waals surface area contributed by atoms with E-state index in [4.69, 9.17) is 23.2 Å². The van der Waals surface area contributed by atoms with Crippen molar-refractivity contribution in [3.63, 3.8) is 0 Å². The molecule has 0 spiro atoms. The van der Waals surface area contributed by atoms with E-state index >= 15 is 0 Å². The SMILES string of the molecule is O=C(Cc1ccc(Cl)c(Cl)c1)Nc1cccc(N2C(=O)c3ccccc3C2=O)c1. The largest absolute Gasteiger partial charge is 0.326 e. The van der Waals surface area contributed by atoms with E-state index in [0.29, 0.717) is 38.1 Å². The zero-order valence-electron chi connectivity index (χ0n) is 15.0. The van der Waals surface area contributed by atoms with Gasteiger partial charge in [-0.05, 0) is 48.0 Å². The molecule has 1 N–H and O–H groups in total. The van der Waals surface area contributed by atoms with Crippen LogP contribution in [0.15, 0.2) is 66.7 Å². The van der Waals surface area contributed by atoms with Crippen LogP contribution in [0.3, 0.4) is 0 Å². The lowest BCUT2D eigenvalue weighted by molar-refractivity contribution is -0.115. The van der Waals surface area contributed by atoms with E-state index in [-0.39, 0.29) is 24.1 Å². The number of carbonyl (C=O) groups excluding carboxylic acids is 3. The molecule has 29 heavy (non-hydrogen) atoms. The maximum absolute atomic E-state index is 12.6. The molecule has 1 aliphatic heterocycles. The first kappa shape index (κ1) is 19.2. The Morgan fingerprint density at radius 3 is 2.17 bits per heavy atom. The highest BCUT2D eigenvalue weighted by Crippen LogP contribution is 2.30. The minimum Gasteiger partial charge on any atom is -0.326 e. The number of benzene rings is 3. The molecule has 3 amide bonds. The Hall–Kier alpha value is -3.15. The number of imide groups is 1. The first-order chi connectivity index (χ1) is 13.9. The van der Waals surface area contributed by atoms with Crippen LogP contribution in [0.2, 0.25) is 10.0 Å². The average Bonchev–Trinajstić information content (AvgIpc) is 2.96. The molecule has 1 heterocycles. The summed E-state index contributed by atoms with van der Waals surface area (Å²) in [4.78, 5) is 38.8. The van der Waals surface area contributed by atoms with Crippen LogP contribution < -0.4 is 10.2 Å². The molecule has 0 fully saturated rings. The minimum atomic E-state index is -0.384. The Kier molecular flexibility index (Phi) is 5.09. The molecule has 144 valence electrons. The quantitative estimate of drug-likeness (QED) is 0.600. The van der Waals surface area contributed by atoms with Crippen molar-refractivity contribution in [1.82, 2.24) is 0 Å². The first-order valence-corrected chi connectivity index (χ1v) is 9.51. The lowest BCUT2D eigenvalue weighted by atomic mass is 10.1. The van der Waals surface area contributed by atoms with Crippen LogP contribution in [0.4, 0.5) is 11.4 Å². The first-order valence-electron chi connectivity index (χ1n) is 8.76. The second kappa shape index (κ2) is 7.70. The van der Waals surface area contributed by atoms with Crippen molar-refractivity contribution in [3.05, 3.63) is 93.5 Å². The highest BCUT2D eigenvalue weighted by molar-refractivity contribution is 6.42. The third kappa shape index (κ3) is 3.75. The number of nitrogens with zero attached hydrogens (tertiary/aromatic N) is 1. The van der Waals surface area contributed by atoms with Gasteiger partial charge in [-0.2, -0.15) is 0 Å². The molecule has 4 rings (SSSR count). The number of rotatable bonds is 4. The average molecular weight is 425 g/mol. The van der Waals surface area contributed by atoms with Crippen molar-refractivity contribution in [1.29, 1.82) is 0 Å². The summed E-state index contributed by atoms with van der Waals surface area (Å²) in [7, 11) is 0. The molecule has 0 aliphatic carbocycles. The van der Waals surface area contributed by atoms with Crippen molar-refractivity contribution >= 4 is 52.3 Å². The molecule has 0 saturated heterocycles. The van der Waals surface area contributed by atoms with E-state index in [1.165, 1.54) is 0 Å². The summed E-state index contributed by atoms with van der Waals surface area (Å²) in [5.41, 5.74) is 2.32. The van der Waals surface area contributed by atoms with Crippen LogP contribution in [0.25, 0.3) is 0 Å². The normalized spacial score (nSPS) is 12.8. The van der Waals surface area contributed by atoms with Crippen molar-refractivity contribution in [2.45, 2.75) is 6.42 Å². The molecule has 0 unspecified atom stereocenters. The number of hydrogen-bond donors (Lipinski definition) is 1. The molecule has 3 aromatic rings. The van der Waals surface area contributed by atoms with Crippen LogP contribution in [-0.2, 0) is 11.2 Å². The summed E-state index contributed by atoms with van der Waals surface area (Å²) in [6.45, 7) is 0. The molecule has 0 aromatic heterocycles. The van der Waals surface area contributed by atoms with E-state index in [2.05, 4.69) is 5.32 Å². The third-order valence-electron chi connectivity index (χ3n) is 4.53. The van der Waals surface area contributed by atoms with Gasteiger partial charge >= 0.3 is 0 Å². The number of anilines is 2. The van der Waals surface area contributed by atoms with Gasteiger partial charge in [0.05, 0.1) is 33.3 Å². The second-order valence-electron chi connectivity index (χ2n) is 6.52. The summed E-state index contributed by atoms with van der Waals surface area (Å²) < 4.78 is 0. The third-order valence-corrected chi connectivity index (χ3v) is 5.27. The number of hydrogen-bond acceptors (Lipinski definition) is 3. The number of amides is 3. The van der Waals surface area contributed by atoms with Crippen molar-refractivity contribution < 1.29 is 14.4 Å². The molecule has 0 atom stereocenters. The van der Waals surface area contributed by atoms with Gasteiger partial charge in [0.15, 0.2) is 0 Å². The van der Waals surface area contributed by atoms with Crippen LogP contribution in [-0.4, -0.2) is 17.7 Å². The fourth-order valence-electron chi connectivity index (χ4n) is 3.19. The smallest absolute Gasteiger partial charge is 0.266 e. The van der Waals surface area contributed by atoms with Gasteiger partial charge in [0, 0.05) is 5.69 Å². The summed E-state index contributed by atoms with van der Waals surface area (Å²) in [6.07, 6.45) is 0.105. The summed E-state index contributed by atoms with van der Waals surface area (Å²) in [5.74, 6) is -1.03. The summed E-state index contributed by atoms with van der Waals surface area (Å²) >= 11 is 11.9. The molecule has 1 aliphatic rings. The van der Waals surface area contributed by atoms with Crippen molar-refractivity contribution in [2.24, 2.45) is 0 Å². The number of halogens is 2. The monoisotopic (exact) mass is 424 g/mol. The van der Waals surface area contributed by atoms with E-state index in [1.807, 2.05) is 0 Å². The van der Waals surface area contributed by atoms with Gasteiger partial charge in [0.1, 0.15) is 0 Å². The molecule has 0 saturated carbocycles. The van der Waals surface area contributed by atoms with Crippen LogP contribution in [0.5, 0.6) is 0 Å². The van der Waals surface area contributed by atoms with Gasteiger partial charge in [0.2, 0.25) is 5.91 Å². The maximum atomic E-state index is 12.6. The molecule has 5 nitrogen and oxygen atoms in total. The van der Waals surface area contributed by atoms with Gasteiger partial charge in [-0.1, -0.05) is 47.5 Å². The highest BCUT2D eigenvalue weighted by atomic mass is 35.5. The second-order valence-corrected chi connectivity index (χ2v) is 7.33. The topological polar surface area (TPSA) is 66.5 Å². The van der Waals surface area contributed by atoms with Gasteiger partial charge in [-0.15, -0.1) is 0 Å². The number of nitrogens with one attached hydrogen (secondary N) is 1. The molecule has 3 aromatic carbocycles. The Bertz CT molecular complexity index is 1130. The van der Waals surface area contributed by atoms with Crippen LogP contribution in [0.1, 0.15) is 26.3 Å². The Labute approximate surface area is 176 Å².